The second-order valence-corrected chi connectivity index (χ2v) is 5.37. The van der Waals surface area contributed by atoms with Crippen LogP contribution in [0.2, 0.25) is 0 Å². The topological polar surface area (TPSA) is 137 Å². The van der Waals surface area contributed by atoms with Crippen molar-refractivity contribution in [3.05, 3.63) is 22.7 Å². The molecule has 0 spiro atoms. The molecule has 4 unspecified atom stereocenters. The lowest BCUT2D eigenvalue weighted by Crippen LogP contribution is -2.36. The van der Waals surface area contributed by atoms with E-state index < -0.39 is 36.2 Å². The minimum absolute atomic E-state index is 0.0386. The van der Waals surface area contributed by atoms with E-state index in [4.69, 9.17) is 15.2 Å². The average molecular weight is 313 g/mol. The molecule has 1 fully saturated rings. The predicted molar refractivity (Wildman–Crippen MR) is 74.6 cm³/mol. The molecular formula is C13H19N3O6. The van der Waals surface area contributed by atoms with Gasteiger partial charge in [0.1, 0.15) is 30.7 Å². The lowest BCUT2D eigenvalue weighted by molar-refractivity contribution is -0.153. The van der Waals surface area contributed by atoms with E-state index in [0.29, 0.717) is 0 Å². The zero-order valence-electron chi connectivity index (χ0n) is 12.2. The number of aromatic nitrogens is 2. The number of hydrogen-bond donors (Lipinski definition) is 3. The van der Waals surface area contributed by atoms with Crippen molar-refractivity contribution < 1.29 is 24.5 Å². The molecule has 1 aromatic rings. The SMILES string of the molecule is CC(C)C(=O)OCC1OC(n2ccc(N)nc2=O)C(O)C1O. The van der Waals surface area contributed by atoms with E-state index in [1.165, 1.54) is 12.3 Å². The van der Waals surface area contributed by atoms with Gasteiger partial charge in [-0.3, -0.25) is 9.36 Å². The van der Waals surface area contributed by atoms with Crippen LogP contribution in [0.15, 0.2) is 17.1 Å². The van der Waals surface area contributed by atoms with Crippen molar-refractivity contribution in [2.45, 2.75) is 38.4 Å². The highest BCUT2D eigenvalue weighted by Crippen LogP contribution is 2.28. The zero-order valence-corrected chi connectivity index (χ0v) is 12.2. The zero-order chi connectivity index (χ0) is 16.4. The molecule has 9 nitrogen and oxygen atoms in total. The summed E-state index contributed by atoms with van der Waals surface area (Å²) in [5, 5.41) is 20.0. The van der Waals surface area contributed by atoms with Crippen molar-refractivity contribution in [3.8, 4) is 0 Å². The molecule has 0 aliphatic carbocycles. The Kier molecular flexibility index (Phi) is 4.79. The molecule has 4 N–H and O–H groups in total. The number of aliphatic hydroxyl groups excluding tert-OH is 2. The van der Waals surface area contributed by atoms with Gasteiger partial charge in [0, 0.05) is 6.20 Å². The number of aliphatic hydroxyl groups is 2. The standard InChI is InChI=1S/C13H19N3O6/c1-6(2)12(19)21-5-7-9(17)10(18)11(22-7)16-4-3-8(14)15-13(16)20/h3-4,6-7,9-11,17-18H,5H2,1-2H3,(H2,14,15,20). The molecule has 1 aliphatic rings. The summed E-state index contributed by atoms with van der Waals surface area (Å²) >= 11 is 0. The predicted octanol–water partition coefficient (Wildman–Crippen LogP) is -1.36. The van der Waals surface area contributed by atoms with Crippen LogP contribution in [0.5, 0.6) is 0 Å². The molecule has 1 aliphatic heterocycles. The fourth-order valence-electron chi connectivity index (χ4n) is 2.05. The average Bonchev–Trinajstić information content (AvgIpc) is 2.73. The molecule has 2 rings (SSSR count). The summed E-state index contributed by atoms with van der Waals surface area (Å²) in [7, 11) is 0. The summed E-state index contributed by atoms with van der Waals surface area (Å²) in [4.78, 5) is 26.7. The number of ether oxygens (including phenoxy) is 2. The Labute approximate surface area is 126 Å². The third kappa shape index (κ3) is 3.26. The van der Waals surface area contributed by atoms with Crippen LogP contribution < -0.4 is 11.4 Å². The van der Waals surface area contributed by atoms with Crippen molar-refractivity contribution >= 4 is 11.8 Å². The van der Waals surface area contributed by atoms with E-state index in [1.807, 2.05) is 0 Å². The Hall–Kier alpha value is -1.97. The van der Waals surface area contributed by atoms with Gasteiger partial charge >= 0.3 is 11.7 Å². The molecule has 1 saturated heterocycles. The summed E-state index contributed by atoms with van der Waals surface area (Å²) in [6.07, 6.45) is -3.40. The van der Waals surface area contributed by atoms with Crippen molar-refractivity contribution in [2.75, 3.05) is 12.3 Å². The fourth-order valence-corrected chi connectivity index (χ4v) is 2.05. The summed E-state index contributed by atoms with van der Waals surface area (Å²) in [5.41, 5.74) is 4.68. The van der Waals surface area contributed by atoms with E-state index in [0.717, 1.165) is 4.57 Å². The third-order valence-electron chi connectivity index (χ3n) is 3.32. The van der Waals surface area contributed by atoms with Gasteiger partial charge in [-0.15, -0.1) is 0 Å². The molecule has 4 atom stereocenters. The Balaban J connectivity index is 2.10. The van der Waals surface area contributed by atoms with E-state index in [9.17, 15) is 19.8 Å². The molecule has 0 amide bonds. The van der Waals surface area contributed by atoms with Crippen molar-refractivity contribution in [1.82, 2.24) is 9.55 Å². The number of nitrogens with two attached hydrogens (primary N) is 1. The Bertz CT molecular complexity index is 602. The van der Waals surface area contributed by atoms with Gasteiger partial charge < -0.3 is 25.4 Å². The molecule has 0 bridgehead atoms. The van der Waals surface area contributed by atoms with Crippen LogP contribution in [0.4, 0.5) is 5.82 Å². The van der Waals surface area contributed by atoms with Gasteiger partial charge in [-0.05, 0) is 6.07 Å². The Morgan fingerprint density at radius 1 is 1.50 bits per heavy atom. The van der Waals surface area contributed by atoms with Crippen molar-refractivity contribution in [1.29, 1.82) is 0 Å². The van der Waals surface area contributed by atoms with Crippen molar-refractivity contribution in [2.24, 2.45) is 5.92 Å². The maximum Gasteiger partial charge on any atom is 0.351 e. The molecule has 0 radical (unpaired) electrons. The van der Waals surface area contributed by atoms with Gasteiger partial charge in [-0.2, -0.15) is 4.98 Å². The molecule has 1 aromatic heterocycles. The molecule has 0 aromatic carbocycles. The second kappa shape index (κ2) is 6.42. The first kappa shape index (κ1) is 16.4. The summed E-state index contributed by atoms with van der Waals surface area (Å²) in [6, 6.07) is 1.37. The molecule has 0 saturated carbocycles. The van der Waals surface area contributed by atoms with E-state index >= 15 is 0 Å². The van der Waals surface area contributed by atoms with Crippen LogP contribution in [0.25, 0.3) is 0 Å². The molecule has 9 heteroatoms. The largest absolute Gasteiger partial charge is 0.463 e. The van der Waals surface area contributed by atoms with Gasteiger partial charge in [0.05, 0.1) is 5.92 Å². The van der Waals surface area contributed by atoms with E-state index in [2.05, 4.69) is 4.98 Å². The smallest absolute Gasteiger partial charge is 0.351 e. The fraction of sp³-hybridized carbons (Fsp3) is 0.615. The first-order valence-corrected chi connectivity index (χ1v) is 6.84. The number of carbonyl (C=O) groups excluding carboxylic acids is 1. The van der Waals surface area contributed by atoms with Crippen LogP contribution in [0, 0.1) is 5.92 Å². The van der Waals surface area contributed by atoms with Crippen LogP contribution in [0.1, 0.15) is 20.1 Å². The number of anilines is 1. The van der Waals surface area contributed by atoms with Gasteiger partial charge in [-0.25, -0.2) is 4.79 Å². The van der Waals surface area contributed by atoms with Crippen LogP contribution in [-0.4, -0.2) is 50.7 Å². The van der Waals surface area contributed by atoms with Crippen LogP contribution in [-0.2, 0) is 14.3 Å². The van der Waals surface area contributed by atoms with Crippen molar-refractivity contribution in [3.63, 3.8) is 0 Å². The highest BCUT2D eigenvalue weighted by atomic mass is 16.6. The summed E-state index contributed by atoms with van der Waals surface area (Å²) in [6.45, 7) is 3.12. The first-order chi connectivity index (χ1) is 10.3. The number of hydrogen-bond acceptors (Lipinski definition) is 8. The molecule has 22 heavy (non-hydrogen) atoms. The Morgan fingerprint density at radius 3 is 2.77 bits per heavy atom. The highest BCUT2D eigenvalue weighted by molar-refractivity contribution is 5.71. The number of rotatable bonds is 4. The Morgan fingerprint density at radius 2 is 2.18 bits per heavy atom. The van der Waals surface area contributed by atoms with E-state index in [1.54, 1.807) is 13.8 Å². The molecule has 2 heterocycles. The maximum atomic E-state index is 11.8. The minimum atomic E-state index is -1.36. The number of nitrogens with zero attached hydrogens (tertiary/aromatic N) is 2. The minimum Gasteiger partial charge on any atom is -0.463 e. The maximum absolute atomic E-state index is 11.8. The van der Waals surface area contributed by atoms with Crippen LogP contribution >= 0.6 is 0 Å². The van der Waals surface area contributed by atoms with E-state index in [-0.39, 0.29) is 18.3 Å². The third-order valence-corrected chi connectivity index (χ3v) is 3.32. The monoisotopic (exact) mass is 313 g/mol. The van der Waals surface area contributed by atoms with Gasteiger partial charge in [-0.1, -0.05) is 13.8 Å². The number of carbonyl (C=O) groups is 1. The summed E-state index contributed by atoms with van der Waals surface area (Å²) < 4.78 is 11.4. The van der Waals surface area contributed by atoms with Gasteiger partial charge in [0.15, 0.2) is 6.23 Å². The number of esters is 1. The summed E-state index contributed by atoms with van der Waals surface area (Å²) in [5.74, 6) is -0.722. The van der Waals surface area contributed by atoms with Gasteiger partial charge in [0.2, 0.25) is 0 Å². The van der Waals surface area contributed by atoms with Crippen LogP contribution in [0.3, 0.4) is 0 Å². The lowest BCUT2D eigenvalue weighted by Gasteiger charge is -2.17. The first-order valence-electron chi connectivity index (χ1n) is 6.84. The molecule has 122 valence electrons. The normalized spacial score (nSPS) is 28.0. The highest BCUT2D eigenvalue weighted by Gasteiger charge is 2.44. The number of nitrogen functional groups attached to an aromatic ring is 1. The quantitative estimate of drug-likeness (QED) is 0.580. The van der Waals surface area contributed by atoms with Gasteiger partial charge in [0.25, 0.3) is 0 Å². The lowest BCUT2D eigenvalue weighted by atomic mass is 10.1. The molecular weight excluding hydrogens is 294 g/mol. The second-order valence-electron chi connectivity index (χ2n) is 5.37.